The smallest absolute Gasteiger partial charge is 0.264 e. The standard InChI is InChI=1S/C14H13N3O4.C14H13N3O3.C14H15N3O2.CH4/c1-14(6-5-9(18)16-13(14)21)17-11(19)7-3-2-4-8(15)10(7)12(17)20;1-7-5-6-10(12(18)16-7)17-13(19)8-3-2-4-9(15)11(8)14(17)20;1-8-5-6-12(13(18)16-8)17-7-10-9(14(17)19)3-2-4-11(10)15;/h2-4H,5-6,15H2,1H3,(H,16,18,21);2-4,10H,1,5-6,15H2,(H,16,18);2-4,12H,1,5-7,15H2,(H,16,18);1H4. The molecule has 3 aromatic rings. The highest BCUT2D eigenvalue weighted by Crippen LogP contribution is 2.37. The highest BCUT2D eigenvalue weighted by molar-refractivity contribution is 6.26. The minimum Gasteiger partial charge on any atom is -0.398 e. The lowest BCUT2D eigenvalue weighted by Crippen LogP contribution is -2.62. The predicted molar refractivity (Wildman–Crippen MR) is 222 cm³/mol. The van der Waals surface area contributed by atoms with Gasteiger partial charge in [-0.2, -0.15) is 0 Å². The third-order valence-corrected chi connectivity index (χ3v) is 11.4. The lowest BCUT2D eigenvalue weighted by Gasteiger charge is -2.38. The summed E-state index contributed by atoms with van der Waals surface area (Å²) >= 11 is 0. The third kappa shape index (κ3) is 7.36. The van der Waals surface area contributed by atoms with Crippen molar-refractivity contribution in [3.05, 3.63) is 113 Å². The highest BCUT2D eigenvalue weighted by atomic mass is 16.2. The van der Waals surface area contributed by atoms with Crippen LogP contribution in [0.3, 0.4) is 0 Å². The van der Waals surface area contributed by atoms with Crippen molar-refractivity contribution in [2.75, 3.05) is 17.2 Å². The van der Waals surface area contributed by atoms with Crippen molar-refractivity contribution < 1.29 is 43.2 Å². The van der Waals surface area contributed by atoms with E-state index in [1.54, 1.807) is 47.4 Å². The topological polar surface area (TPSA) is 277 Å². The van der Waals surface area contributed by atoms with Crippen LogP contribution >= 0.6 is 0 Å². The van der Waals surface area contributed by atoms with E-state index < -0.39 is 53.1 Å². The van der Waals surface area contributed by atoms with Crippen LogP contribution in [0.25, 0.3) is 0 Å². The van der Waals surface area contributed by atoms with Crippen LogP contribution in [-0.2, 0) is 25.7 Å². The number of allylic oxidation sites excluding steroid dienone is 2. The number of anilines is 3. The number of piperidine rings is 3. The molecule has 0 aliphatic carbocycles. The molecule has 61 heavy (non-hydrogen) atoms. The SMILES string of the molecule is C.C=C1CCC(N2C(=O)c3cccc(N)c3C2=O)C(=O)N1.C=C1CCC(N2Cc3c(N)cccc3C2=O)C(=O)N1.CC1(N2C(=O)c3cccc(N)c3C2=O)CCC(=O)NC1=O. The zero-order valence-electron chi connectivity index (χ0n) is 32.5. The molecule has 6 heterocycles. The number of nitrogens with zero attached hydrogens (tertiary/aromatic N) is 3. The lowest BCUT2D eigenvalue weighted by atomic mass is 9.89. The molecule has 3 aromatic carbocycles. The average Bonchev–Trinajstić information content (AvgIpc) is 3.77. The fraction of sp³-hybridized carbons (Fsp3) is 0.279. The largest absolute Gasteiger partial charge is 0.398 e. The summed E-state index contributed by atoms with van der Waals surface area (Å²) in [5.41, 5.74) is 20.6. The summed E-state index contributed by atoms with van der Waals surface area (Å²) in [7, 11) is 0. The van der Waals surface area contributed by atoms with Crippen molar-refractivity contribution in [1.29, 1.82) is 0 Å². The summed E-state index contributed by atoms with van der Waals surface area (Å²) in [5.74, 6) is -3.84. The van der Waals surface area contributed by atoms with Crippen molar-refractivity contribution in [2.45, 2.75) is 77.0 Å². The number of nitrogen functional groups attached to an aromatic ring is 3. The molecule has 18 nitrogen and oxygen atoms in total. The van der Waals surface area contributed by atoms with Gasteiger partial charge < -0.3 is 32.7 Å². The number of carbonyl (C=O) groups is 9. The Morgan fingerprint density at radius 2 is 1.11 bits per heavy atom. The van der Waals surface area contributed by atoms with E-state index in [2.05, 4.69) is 29.1 Å². The van der Waals surface area contributed by atoms with Gasteiger partial charge in [0.15, 0.2) is 0 Å². The Morgan fingerprint density at radius 1 is 0.607 bits per heavy atom. The number of hydrogen-bond donors (Lipinski definition) is 6. The summed E-state index contributed by atoms with van der Waals surface area (Å²) < 4.78 is 0. The van der Waals surface area contributed by atoms with E-state index in [0.717, 1.165) is 15.4 Å². The molecule has 3 fully saturated rings. The normalized spacial score (nSPS) is 22.8. The van der Waals surface area contributed by atoms with Crippen molar-refractivity contribution in [3.63, 3.8) is 0 Å². The Balaban J connectivity index is 0.000000152. The number of amides is 9. The molecule has 6 aliphatic heterocycles. The molecule has 316 valence electrons. The minimum atomic E-state index is -1.38. The fourth-order valence-electron chi connectivity index (χ4n) is 8.08. The maximum atomic E-state index is 12.5. The first-order valence-electron chi connectivity index (χ1n) is 19.0. The van der Waals surface area contributed by atoms with Crippen molar-refractivity contribution >= 4 is 70.2 Å². The summed E-state index contributed by atoms with van der Waals surface area (Å²) in [5, 5.41) is 7.46. The maximum absolute atomic E-state index is 12.5. The second kappa shape index (κ2) is 16.2. The number of hydrogen-bond acceptors (Lipinski definition) is 12. The first-order chi connectivity index (χ1) is 28.4. The quantitative estimate of drug-likeness (QED) is 0.164. The first-order valence-corrected chi connectivity index (χ1v) is 19.0. The van der Waals surface area contributed by atoms with Crippen LogP contribution in [0.5, 0.6) is 0 Å². The number of nitrogens with two attached hydrogens (primary N) is 3. The lowest BCUT2D eigenvalue weighted by molar-refractivity contribution is -0.141. The highest BCUT2D eigenvalue weighted by Gasteiger charge is 2.53. The Bertz CT molecular complexity index is 2520. The van der Waals surface area contributed by atoms with E-state index in [1.807, 2.05) is 0 Å². The second-order valence-corrected chi connectivity index (χ2v) is 15.2. The number of imide groups is 3. The van der Waals surface area contributed by atoms with E-state index in [1.165, 1.54) is 19.1 Å². The van der Waals surface area contributed by atoms with Gasteiger partial charge in [0.25, 0.3) is 35.4 Å². The van der Waals surface area contributed by atoms with Crippen LogP contribution in [0.1, 0.15) is 110 Å². The minimum absolute atomic E-state index is 0. The number of rotatable bonds is 3. The molecular weight excluding hydrogens is 787 g/mol. The van der Waals surface area contributed by atoms with Gasteiger partial charge in [-0.05, 0) is 75.4 Å². The van der Waals surface area contributed by atoms with Gasteiger partial charge in [-0.25, -0.2) is 0 Å². The van der Waals surface area contributed by atoms with Gasteiger partial charge in [-0.15, -0.1) is 0 Å². The zero-order chi connectivity index (χ0) is 43.4. The summed E-state index contributed by atoms with van der Waals surface area (Å²) in [6, 6.07) is 13.4. The molecular formula is C43H45N9O9. The van der Waals surface area contributed by atoms with Crippen LogP contribution in [0.4, 0.5) is 17.1 Å². The molecule has 0 spiro atoms. The fourth-order valence-corrected chi connectivity index (χ4v) is 8.08. The van der Waals surface area contributed by atoms with Crippen molar-refractivity contribution in [1.82, 2.24) is 30.7 Å². The molecule has 6 aliphatic rings. The van der Waals surface area contributed by atoms with Crippen molar-refractivity contribution in [3.8, 4) is 0 Å². The molecule has 0 radical (unpaired) electrons. The number of nitrogens with one attached hydrogen (secondary N) is 3. The number of carbonyl (C=O) groups excluding carboxylic acids is 9. The molecule has 0 aromatic heterocycles. The Labute approximate surface area is 350 Å². The second-order valence-electron chi connectivity index (χ2n) is 15.2. The summed E-state index contributed by atoms with van der Waals surface area (Å²) in [6.45, 7) is 9.31. The van der Waals surface area contributed by atoms with E-state index in [0.29, 0.717) is 54.9 Å². The average molecular weight is 832 g/mol. The maximum Gasteiger partial charge on any atom is 0.264 e. The van der Waals surface area contributed by atoms with Gasteiger partial charge in [0.2, 0.25) is 17.7 Å². The van der Waals surface area contributed by atoms with Crippen LogP contribution in [0.2, 0.25) is 0 Å². The van der Waals surface area contributed by atoms with Gasteiger partial charge in [-0.1, -0.05) is 38.8 Å². The Morgan fingerprint density at radius 3 is 1.62 bits per heavy atom. The number of fused-ring (bicyclic) bond motifs is 3. The number of benzene rings is 3. The van der Waals surface area contributed by atoms with Gasteiger partial charge in [0.05, 0.1) is 22.3 Å². The first kappa shape index (κ1) is 43.0. The molecule has 3 saturated heterocycles. The molecule has 18 heteroatoms. The van der Waals surface area contributed by atoms with Gasteiger partial charge in [0, 0.05) is 52.5 Å². The molecule has 3 atom stereocenters. The van der Waals surface area contributed by atoms with E-state index >= 15 is 0 Å². The predicted octanol–water partition coefficient (Wildman–Crippen LogP) is 2.37. The molecule has 9 rings (SSSR count). The molecule has 9 amide bonds. The zero-order valence-corrected chi connectivity index (χ0v) is 32.5. The third-order valence-electron chi connectivity index (χ3n) is 11.4. The Kier molecular flexibility index (Phi) is 11.4. The van der Waals surface area contributed by atoms with Crippen LogP contribution in [-0.4, -0.2) is 85.5 Å². The van der Waals surface area contributed by atoms with E-state index in [-0.39, 0.29) is 71.6 Å². The molecule has 9 N–H and O–H groups in total. The summed E-state index contributed by atoms with van der Waals surface area (Å²) in [4.78, 5) is 113. The van der Waals surface area contributed by atoms with Crippen molar-refractivity contribution in [2.24, 2.45) is 0 Å². The molecule has 0 bridgehead atoms. The van der Waals surface area contributed by atoms with Crippen LogP contribution in [0.15, 0.2) is 79.1 Å². The molecule has 0 saturated carbocycles. The monoisotopic (exact) mass is 831 g/mol. The van der Waals surface area contributed by atoms with Gasteiger partial charge in [-0.3, -0.25) is 58.3 Å². The Hall–Kier alpha value is -7.63. The van der Waals surface area contributed by atoms with Crippen LogP contribution < -0.4 is 33.2 Å². The van der Waals surface area contributed by atoms with E-state index in [4.69, 9.17) is 17.2 Å². The van der Waals surface area contributed by atoms with Crippen LogP contribution in [0, 0.1) is 0 Å². The van der Waals surface area contributed by atoms with Gasteiger partial charge >= 0.3 is 0 Å². The molecule has 3 unspecified atom stereocenters. The van der Waals surface area contributed by atoms with Gasteiger partial charge in [0.1, 0.15) is 17.6 Å². The summed E-state index contributed by atoms with van der Waals surface area (Å²) in [6.07, 6.45) is 2.42. The van der Waals surface area contributed by atoms with E-state index in [9.17, 15) is 43.2 Å².